The number of nitrogens with one attached hydrogen (secondary N) is 1. The molecule has 3 rings (SSSR count). The molecule has 2 heterocycles. The lowest BCUT2D eigenvalue weighted by Crippen LogP contribution is -2.23. The number of aromatic nitrogens is 2. The van der Waals surface area contributed by atoms with Crippen LogP contribution in [0.15, 0.2) is 42.7 Å². The maximum absolute atomic E-state index is 12.2. The molecule has 1 amide bonds. The third kappa shape index (κ3) is 2.71. The zero-order valence-corrected chi connectivity index (χ0v) is 12.5. The predicted molar refractivity (Wildman–Crippen MR) is 84.4 cm³/mol. The molecule has 7 heteroatoms. The van der Waals surface area contributed by atoms with Crippen LogP contribution < -0.4 is 5.32 Å². The van der Waals surface area contributed by atoms with Crippen molar-refractivity contribution in [1.82, 2.24) is 9.78 Å². The monoisotopic (exact) mass is 315 g/mol. The summed E-state index contributed by atoms with van der Waals surface area (Å²) in [6.07, 6.45) is 3.35. The molecule has 0 saturated carbocycles. The summed E-state index contributed by atoms with van der Waals surface area (Å²) in [5, 5.41) is 16.7. The average molecular weight is 315 g/mol. The Morgan fingerprint density at radius 3 is 2.86 bits per heavy atom. The molecule has 2 N–H and O–H groups in total. The second-order valence-corrected chi connectivity index (χ2v) is 5.90. The van der Waals surface area contributed by atoms with E-state index in [4.69, 9.17) is 5.11 Å². The van der Waals surface area contributed by atoms with Gasteiger partial charge >= 0.3 is 5.97 Å². The summed E-state index contributed by atoms with van der Waals surface area (Å²) in [6, 6.07) is 8.27. The number of carboxylic acids is 1. The van der Waals surface area contributed by atoms with Crippen molar-refractivity contribution >= 4 is 39.0 Å². The molecule has 0 bridgehead atoms. The molecule has 1 aromatic carbocycles. The highest BCUT2D eigenvalue weighted by Crippen LogP contribution is 2.28. The first-order valence-electron chi connectivity index (χ1n) is 6.61. The highest BCUT2D eigenvalue weighted by molar-refractivity contribution is 7.20. The highest BCUT2D eigenvalue weighted by atomic mass is 32.1. The summed E-state index contributed by atoms with van der Waals surface area (Å²) < 4.78 is 2.44. The van der Waals surface area contributed by atoms with E-state index in [-0.39, 0.29) is 10.8 Å². The van der Waals surface area contributed by atoms with E-state index in [0.717, 1.165) is 10.1 Å². The van der Waals surface area contributed by atoms with Crippen LogP contribution in [0.3, 0.4) is 0 Å². The van der Waals surface area contributed by atoms with Gasteiger partial charge in [-0.1, -0.05) is 0 Å². The zero-order valence-electron chi connectivity index (χ0n) is 11.7. The molecule has 0 aliphatic carbocycles. The second kappa shape index (κ2) is 5.61. The standard InChI is InChI=1S/C15H13N3O3S/c1-9(18-6-2-5-16-18)14(19)17-11-3-4-12-10(7-11)8-13(22-12)15(20)21/h2-9H,1H3,(H,17,19)(H,20,21). The quantitative estimate of drug-likeness (QED) is 0.775. The zero-order chi connectivity index (χ0) is 15.7. The number of carbonyl (C=O) groups excluding carboxylic acids is 1. The first-order valence-corrected chi connectivity index (χ1v) is 7.43. The van der Waals surface area contributed by atoms with Crippen molar-refractivity contribution in [3.05, 3.63) is 47.6 Å². The second-order valence-electron chi connectivity index (χ2n) is 4.82. The third-order valence-electron chi connectivity index (χ3n) is 3.30. The molecule has 0 aliphatic heterocycles. The Morgan fingerprint density at radius 2 is 2.18 bits per heavy atom. The first kappa shape index (κ1) is 14.3. The number of amides is 1. The molecule has 3 aromatic rings. The number of fused-ring (bicyclic) bond motifs is 1. The molecule has 0 radical (unpaired) electrons. The van der Waals surface area contributed by atoms with Crippen molar-refractivity contribution in [2.24, 2.45) is 0 Å². The summed E-state index contributed by atoms with van der Waals surface area (Å²) in [5.41, 5.74) is 0.631. The minimum atomic E-state index is -0.945. The van der Waals surface area contributed by atoms with Gasteiger partial charge in [0.2, 0.25) is 5.91 Å². The summed E-state index contributed by atoms with van der Waals surface area (Å²) >= 11 is 1.21. The van der Waals surface area contributed by atoms with Crippen LogP contribution in [0.2, 0.25) is 0 Å². The van der Waals surface area contributed by atoms with Gasteiger partial charge in [-0.3, -0.25) is 9.48 Å². The number of nitrogens with zero attached hydrogens (tertiary/aromatic N) is 2. The molecule has 1 unspecified atom stereocenters. The number of rotatable bonds is 4. The first-order chi connectivity index (χ1) is 10.5. The number of hydrogen-bond acceptors (Lipinski definition) is 4. The van der Waals surface area contributed by atoms with Crippen LogP contribution in [0.5, 0.6) is 0 Å². The normalized spacial score (nSPS) is 12.2. The third-order valence-corrected chi connectivity index (χ3v) is 4.40. The molecule has 0 spiro atoms. The Bertz CT molecular complexity index is 839. The molecule has 0 fully saturated rings. The number of thiophene rings is 1. The number of hydrogen-bond donors (Lipinski definition) is 2. The van der Waals surface area contributed by atoms with E-state index in [0.29, 0.717) is 5.69 Å². The minimum absolute atomic E-state index is 0.184. The molecule has 2 aromatic heterocycles. The smallest absolute Gasteiger partial charge is 0.345 e. The van der Waals surface area contributed by atoms with Crippen LogP contribution in [0.25, 0.3) is 10.1 Å². The van der Waals surface area contributed by atoms with E-state index >= 15 is 0 Å². The van der Waals surface area contributed by atoms with Crippen molar-refractivity contribution < 1.29 is 14.7 Å². The number of aromatic carboxylic acids is 1. The summed E-state index contributed by atoms with van der Waals surface area (Å²) in [6.45, 7) is 1.76. The summed E-state index contributed by atoms with van der Waals surface area (Å²) in [5.74, 6) is -1.13. The van der Waals surface area contributed by atoms with Crippen LogP contribution in [0, 0.1) is 0 Å². The van der Waals surface area contributed by atoms with E-state index < -0.39 is 12.0 Å². The predicted octanol–water partition coefficient (Wildman–Crippen LogP) is 3.00. The number of anilines is 1. The Labute approximate surface area is 130 Å². The summed E-state index contributed by atoms with van der Waals surface area (Å²) in [4.78, 5) is 23.5. The van der Waals surface area contributed by atoms with E-state index in [1.54, 1.807) is 54.3 Å². The lowest BCUT2D eigenvalue weighted by atomic mass is 10.2. The van der Waals surface area contributed by atoms with E-state index in [9.17, 15) is 9.59 Å². The van der Waals surface area contributed by atoms with Gasteiger partial charge in [0.1, 0.15) is 10.9 Å². The van der Waals surface area contributed by atoms with Gasteiger partial charge in [-0.05, 0) is 42.6 Å². The van der Waals surface area contributed by atoms with Gasteiger partial charge in [0.05, 0.1) is 0 Å². The van der Waals surface area contributed by atoms with Crippen molar-refractivity contribution in [3.63, 3.8) is 0 Å². The average Bonchev–Trinajstić information content (AvgIpc) is 3.15. The van der Waals surface area contributed by atoms with Crippen molar-refractivity contribution in [3.8, 4) is 0 Å². The lowest BCUT2D eigenvalue weighted by molar-refractivity contribution is -0.119. The lowest BCUT2D eigenvalue weighted by Gasteiger charge is -2.12. The van der Waals surface area contributed by atoms with Crippen LogP contribution in [0.4, 0.5) is 5.69 Å². The number of carbonyl (C=O) groups is 2. The molecule has 0 aliphatic rings. The molecule has 6 nitrogen and oxygen atoms in total. The Balaban J connectivity index is 1.81. The molecule has 0 saturated heterocycles. The van der Waals surface area contributed by atoms with Gasteiger partial charge in [0.15, 0.2) is 0 Å². The summed E-state index contributed by atoms with van der Waals surface area (Å²) in [7, 11) is 0. The van der Waals surface area contributed by atoms with Crippen LogP contribution in [-0.2, 0) is 4.79 Å². The van der Waals surface area contributed by atoms with Crippen molar-refractivity contribution in [2.45, 2.75) is 13.0 Å². The van der Waals surface area contributed by atoms with Crippen molar-refractivity contribution in [1.29, 1.82) is 0 Å². The van der Waals surface area contributed by atoms with E-state index in [1.807, 2.05) is 0 Å². The molecule has 1 atom stereocenters. The Hall–Kier alpha value is -2.67. The fourth-order valence-electron chi connectivity index (χ4n) is 2.10. The van der Waals surface area contributed by atoms with E-state index in [2.05, 4.69) is 10.4 Å². The molecule has 112 valence electrons. The maximum atomic E-state index is 12.2. The van der Waals surface area contributed by atoms with Gasteiger partial charge in [-0.15, -0.1) is 11.3 Å². The van der Waals surface area contributed by atoms with Gasteiger partial charge in [0.25, 0.3) is 0 Å². The fourth-order valence-corrected chi connectivity index (χ4v) is 2.98. The fraction of sp³-hybridized carbons (Fsp3) is 0.133. The molecular weight excluding hydrogens is 302 g/mol. The van der Waals surface area contributed by atoms with Gasteiger partial charge < -0.3 is 10.4 Å². The Morgan fingerprint density at radius 1 is 1.36 bits per heavy atom. The van der Waals surface area contributed by atoms with Crippen LogP contribution >= 0.6 is 11.3 Å². The van der Waals surface area contributed by atoms with Crippen LogP contribution in [-0.4, -0.2) is 26.8 Å². The number of carboxylic acid groups (broad SMARTS) is 1. The van der Waals surface area contributed by atoms with Gasteiger partial charge in [-0.2, -0.15) is 5.10 Å². The minimum Gasteiger partial charge on any atom is -0.477 e. The highest BCUT2D eigenvalue weighted by Gasteiger charge is 2.15. The van der Waals surface area contributed by atoms with Gasteiger partial charge in [0, 0.05) is 22.8 Å². The maximum Gasteiger partial charge on any atom is 0.345 e. The largest absolute Gasteiger partial charge is 0.477 e. The Kier molecular flexibility index (Phi) is 3.64. The van der Waals surface area contributed by atoms with Gasteiger partial charge in [-0.25, -0.2) is 4.79 Å². The topological polar surface area (TPSA) is 84.2 Å². The number of benzene rings is 1. The van der Waals surface area contributed by atoms with Crippen LogP contribution in [0.1, 0.15) is 22.6 Å². The molecule has 22 heavy (non-hydrogen) atoms. The molecular formula is C15H13N3O3S. The van der Waals surface area contributed by atoms with Crippen molar-refractivity contribution in [2.75, 3.05) is 5.32 Å². The SMILES string of the molecule is CC(C(=O)Nc1ccc2sc(C(=O)O)cc2c1)n1cccn1. The van der Waals surface area contributed by atoms with E-state index in [1.165, 1.54) is 11.3 Å².